The van der Waals surface area contributed by atoms with Crippen LogP contribution in [0.15, 0.2) is 54.7 Å². The Hall–Kier alpha value is -2.59. The molecule has 0 spiro atoms. The molecular weight excluding hydrogens is 336 g/mol. The third-order valence-electron chi connectivity index (χ3n) is 3.82. The summed E-state index contributed by atoms with van der Waals surface area (Å²) in [6.45, 7) is 2.77. The smallest absolute Gasteiger partial charge is 0.255 e. The number of carbonyl (C=O) groups is 1. The van der Waals surface area contributed by atoms with Gasteiger partial charge in [-0.3, -0.25) is 9.78 Å². The molecule has 0 aliphatic rings. The van der Waals surface area contributed by atoms with Crippen molar-refractivity contribution in [2.24, 2.45) is 0 Å². The van der Waals surface area contributed by atoms with Gasteiger partial charge in [-0.25, -0.2) is 0 Å². The molecule has 1 amide bonds. The molecule has 0 unspecified atom stereocenters. The van der Waals surface area contributed by atoms with Gasteiger partial charge in [0, 0.05) is 22.2 Å². The highest BCUT2D eigenvalue weighted by molar-refractivity contribution is 6.31. The summed E-state index contributed by atoms with van der Waals surface area (Å²) in [5.74, 6) is 0.511. The number of ether oxygens (including phenoxy) is 1. The highest BCUT2D eigenvalue weighted by Gasteiger charge is 2.12. The first kappa shape index (κ1) is 17.2. The van der Waals surface area contributed by atoms with Crippen LogP contribution in [-0.4, -0.2) is 17.5 Å². The molecule has 3 rings (SSSR count). The van der Waals surface area contributed by atoms with E-state index in [9.17, 15) is 4.79 Å². The number of hydrogen-bond donors (Lipinski definition) is 1. The van der Waals surface area contributed by atoms with Gasteiger partial charge >= 0.3 is 0 Å². The van der Waals surface area contributed by atoms with Gasteiger partial charge in [-0.1, -0.05) is 31.0 Å². The molecule has 0 fully saturated rings. The molecule has 0 aliphatic carbocycles. The minimum absolute atomic E-state index is 0.215. The number of unbranched alkanes of at least 4 members (excludes halogenated alkanes) is 1. The van der Waals surface area contributed by atoms with E-state index >= 15 is 0 Å². The highest BCUT2D eigenvalue weighted by atomic mass is 35.5. The average Bonchev–Trinajstić information content (AvgIpc) is 2.63. The molecule has 4 nitrogen and oxygen atoms in total. The molecule has 1 aromatic heterocycles. The highest BCUT2D eigenvalue weighted by Crippen LogP contribution is 2.30. The zero-order chi connectivity index (χ0) is 17.6. The zero-order valence-electron chi connectivity index (χ0n) is 14.0. The number of hydrogen-bond acceptors (Lipinski definition) is 3. The van der Waals surface area contributed by atoms with Gasteiger partial charge in [0.15, 0.2) is 0 Å². The summed E-state index contributed by atoms with van der Waals surface area (Å²) >= 11 is 5.96. The van der Waals surface area contributed by atoms with Crippen LogP contribution in [0.25, 0.3) is 10.9 Å². The van der Waals surface area contributed by atoms with Crippen molar-refractivity contribution in [3.63, 3.8) is 0 Å². The predicted octanol–water partition coefficient (Wildman–Crippen LogP) is 5.32. The number of pyridine rings is 1. The second kappa shape index (κ2) is 7.99. The normalized spacial score (nSPS) is 10.6. The molecule has 0 atom stereocenters. The van der Waals surface area contributed by atoms with E-state index in [2.05, 4.69) is 17.2 Å². The number of carbonyl (C=O) groups excluding carboxylic acids is 1. The Bertz CT molecular complexity index is 896. The summed E-state index contributed by atoms with van der Waals surface area (Å²) in [6.07, 6.45) is 3.78. The second-order valence-electron chi connectivity index (χ2n) is 5.68. The van der Waals surface area contributed by atoms with Crippen molar-refractivity contribution in [2.45, 2.75) is 19.8 Å². The summed E-state index contributed by atoms with van der Waals surface area (Å²) in [4.78, 5) is 16.9. The number of fused-ring (bicyclic) bond motifs is 1. The molecule has 3 aromatic rings. The molecule has 0 aliphatic heterocycles. The summed E-state index contributed by atoms with van der Waals surface area (Å²) in [6, 6.07) is 14.3. The first-order chi connectivity index (χ1) is 12.2. The van der Waals surface area contributed by atoms with E-state index in [1.165, 1.54) is 0 Å². The lowest BCUT2D eigenvalue weighted by atomic mass is 10.1. The molecule has 128 valence electrons. The summed E-state index contributed by atoms with van der Waals surface area (Å²) in [5.41, 5.74) is 1.94. The largest absolute Gasteiger partial charge is 0.491 e. The fourth-order valence-electron chi connectivity index (χ4n) is 2.52. The van der Waals surface area contributed by atoms with Gasteiger partial charge in [0.05, 0.1) is 12.3 Å². The van der Waals surface area contributed by atoms with Crippen LogP contribution in [0, 0.1) is 0 Å². The van der Waals surface area contributed by atoms with E-state index < -0.39 is 0 Å². The number of rotatable bonds is 6. The van der Waals surface area contributed by atoms with Gasteiger partial charge in [0.25, 0.3) is 5.91 Å². The zero-order valence-corrected chi connectivity index (χ0v) is 14.7. The number of aromatic nitrogens is 1. The van der Waals surface area contributed by atoms with E-state index in [0.717, 1.165) is 29.5 Å². The molecule has 25 heavy (non-hydrogen) atoms. The van der Waals surface area contributed by atoms with E-state index in [4.69, 9.17) is 16.3 Å². The van der Waals surface area contributed by atoms with E-state index in [1.807, 2.05) is 24.3 Å². The number of anilines is 1. The maximum Gasteiger partial charge on any atom is 0.255 e. The van der Waals surface area contributed by atoms with Crippen molar-refractivity contribution in [3.05, 3.63) is 65.3 Å². The van der Waals surface area contributed by atoms with Crippen LogP contribution in [0.3, 0.4) is 0 Å². The number of nitrogens with one attached hydrogen (secondary N) is 1. The lowest BCUT2D eigenvalue weighted by molar-refractivity contribution is 0.102. The molecule has 0 saturated carbocycles. The van der Waals surface area contributed by atoms with E-state index in [0.29, 0.717) is 22.9 Å². The van der Waals surface area contributed by atoms with Crippen molar-refractivity contribution >= 4 is 34.1 Å². The molecule has 1 N–H and O–H groups in total. The van der Waals surface area contributed by atoms with E-state index in [1.54, 1.807) is 30.5 Å². The van der Waals surface area contributed by atoms with Crippen molar-refractivity contribution in [1.82, 2.24) is 4.98 Å². The second-order valence-corrected chi connectivity index (χ2v) is 6.11. The number of benzene rings is 2. The van der Waals surface area contributed by atoms with Gasteiger partial charge in [-0.2, -0.15) is 0 Å². The Kier molecular flexibility index (Phi) is 5.51. The monoisotopic (exact) mass is 354 g/mol. The Balaban J connectivity index is 1.89. The van der Waals surface area contributed by atoms with Gasteiger partial charge in [0.2, 0.25) is 0 Å². The molecule has 2 aromatic carbocycles. The van der Waals surface area contributed by atoms with Crippen molar-refractivity contribution < 1.29 is 9.53 Å². The molecule has 5 heteroatoms. The van der Waals surface area contributed by atoms with Gasteiger partial charge in [0.1, 0.15) is 11.3 Å². The van der Waals surface area contributed by atoms with Crippen molar-refractivity contribution in [2.75, 3.05) is 11.9 Å². The average molecular weight is 355 g/mol. The maximum absolute atomic E-state index is 12.5. The van der Waals surface area contributed by atoms with Crippen LogP contribution in [0.4, 0.5) is 5.69 Å². The fourth-order valence-corrected chi connectivity index (χ4v) is 2.71. The Labute approximate surface area is 151 Å². The van der Waals surface area contributed by atoms with Crippen LogP contribution >= 0.6 is 11.6 Å². The van der Waals surface area contributed by atoms with Gasteiger partial charge in [-0.15, -0.1) is 0 Å². The number of halogens is 1. The van der Waals surface area contributed by atoms with E-state index in [-0.39, 0.29) is 5.91 Å². The van der Waals surface area contributed by atoms with Crippen LogP contribution in [0.1, 0.15) is 30.1 Å². The Morgan fingerprint density at radius 3 is 2.88 bits per heavy atom. The van der Waals surface area contributed by atoms with Gasteiger partial charge in [-0.05, 0) is 48.9 Å². The summed E-state index contributed by atoms with van der Waals surface area (Å²) in [7, 11) is 0. The van der Waals surface area contributed by atoms with Crippen molar-refractivity contribution in [1.29, 1.82) is 0 Å². The first-order valence-electron chi connectivity index (χ1n) is 8.26. The van der Waals surface area contributed by atoms with Gasteiger partial charge < -0.3 is 10.1 Å². The maximum atomic E-state index is 12.5. The molecule has 1 heterocycles. The molecule has 0 bridgehead atoms. The SMILES string of the molecule is CCCCOc1ccc(NC(=O)c2cccc(Cl)c2)c2cccnc12. The number of amides is 1. The lowest BCUT2D eigenvalue weighted by Gasteiger charge is -2.12. The quantitative estimate of drug-likeness (QED) is 0.609. The minimum atomic E-state index is -0.215. The molecule has 0 saturated heterocycles. The topological polar surface area (TPSA) is 51.2 Å². The van der Waals surface area contributed by atoms with Crippen LogP contribution in [0.5, 0.6) is 5.75 Å². The molecular formula is C20H19ClN2O2. The Morgan fingerprint density at radius 1 is 1.20 bits per heavy atom. The third-order valence-corrected chi connectivity index (χ3v) is 4.06. The van der Waals surface area contributed by atoms with Crippen LogP contribution < -0.4 is 10.1 Å². The number of nitrogens with zero attached hydrogens (tertiary/aromatic N) is 1. The Morgan fingerprint density at radius 2 is 2.08 bits per heavy atom. The third kappa shape index (κ3) is 4.09. The van der Waals surface area contributed by atoms with Crippen LogP contribution in [-0.2, 0) is 0 Å². The molecule has 0 radical (unpaired) electrons. The lowest BCUT2D eigenvalue weighted by Crippen LogP contribution is -2.12. The van der Waals surface area contributed by atoms with Crippen molar-refractivity contribution in [3.8, 4) is 5.75 Å². The summed E-state index contributed by atoms with van der Waals surface area (Å²) in [5, 5.41) is 4.30. The first-order valence-corrected chi connectivity index (χ1v) is 8.64. The minimum Gasteiger partial charge on any atom is -0.491 e. The van der Waals surface area contributed by atoms with Crippen LogP contribution in [0.2, 0.25) is 5.02 Å². The fraction of sp³-hybridized carbons (Fsp3) is 0.200. The predicted molar refractivity (Wildman–Crippen MR) is 102 cm³/mol. The standard InChI is InChI=1S/C20H19ClN2O2/c1-2-3-12-25-18-10-9-17(16-8-5-11-22-19(16)18)23-20(24)14-6-4-7-15(21)13-14/h4-11,13H,2-3,12H2,1H3,(H,23,24). The summed E-state index contributed by atoms with van der Waals surface area (Å²) < 4.78 is 5.83.